The number of halogens is 5. The first kappa shape index (κ1) is 16.8. The molecule has 0 aliphatic carbocycles. The lowest BCUT2D eigenvalue weighted by Crippen LogP contribution is -2.08. The minimum absolute atomic E-state index is 0.0347. The summed E-state index contributed by atoms with van der Waals surface area (Å²) < 4.78 is 39.3. The Labute approximate surface area is 141 Å². The number of nitrogens with one attached hydrogen (secondary N) is 1. The van der Waals surface area contributed by atoms with E-state index in [1.54, 1.807) is 12.1 Å². The van der Waals surface area contributed by atoms with Crippen LogP contribution in [-0.4, -0.2) is 11.3 Å². The Hall–Kier alpha value is -1.54. The van der Waals surface area contributed by atoms with Gasteiger partial charge in [-0.2, -0.15) is 18.3 Å². The first-order valence-electron chi connectivity index (χ1n) is 5.92. The summed E-state index contributed by atoms with van der Waals surface area (Å²) in [6, 6.07) is 8.24. The number of para-hydroxylation sites is 1. The van der Waals surface area contributed by atoms with Crippen LogP contribution in [0, 0.1) is 0 Å². The maximum atomic E-state index is 12.8. The van der Waals surface area contributed by atoms with Gasteiger partial charge in [-0.15, -0.1) is 0 Å². The zero-order valence-electron chi connectivity index (χ0n) is 10.8. The molecule has 3 nitrogen and oxygen atoms in total. The molecule has 22 heavy (non-hydrogen) atoms. The van der Waals surface area contributed by atoms with E-state index in [1.807, 2.05) is 0 Å². The van der Waals surface area contributed by atoms with Crippen LogP contribution in [0.3, 0.4) is 0 Å². The maximum Gasteiger partial charge on any atom is 0.418 e. The first-order valence-corrected chi connectivity index (χ1v) is 7.51. The Kier molecular flexibility index (Phi) is 5.12. The summed E-state index contributed by atoms with van der Waals surface area (Å²) >= 11 is 6.32. The fourth-order valence-corrected chi connectivity index (χ4v) is 2.89. The highest BCUT2D eigenvalue weighted by Gasteiger charge is 2.33. The number of aromatic hydroxyl groups is 1. The molecule has 0 aliphatic rings. The third-order valence-corrected chi connectivity index (χ3v) is 3.88. The summed E-state index contributed by atoms with van der Waals surface area (Å²) in [7, 11) is 0. The lowest BCUT2D eigenvalue weighted by molar-refractivity contribution is -0.136. The number of hydrogen-bond donors (Lipinski definition) is 2. The number of anilines is 1. The van der Waals surface area contributed by atoms with E-state index in [-0.39, 0.29) is 11.4 Å². The molecule has 0 radical (unpaired) electrons. The number of hydrogen-bond acceptors (Lipinski definition) is 3. The van der Waals surface area contributed by atoms with E-state index in [0.717, 1.165) is 6.07 Å². The first-order chi connectivity index (χ1) is 10.3. The van der Waals surface area contributed by atoms with Crippen LogP contribution in [0.2, 0.25) is 0 Å². The van der Waals surface area contributed by atoms with Crippen molar-refractivity contribution in [2.75, 3.05) is 5.43 Å². The Bertz CT molecular complexity index is 694. The molecule has 0 aliphatic heterocycles. The van der Waals surface area contributed by atoms with Gasteiger partial charge in [0.05, 0.1) is 26.4 Å². The molecule has 2 aromatic carbocycles. The Balaban J connectivity index is 2.21. The molecule has 0 fully saturated rings. The predicted molar refractivity (Wildman–Crippen MR) is 86.2 cm³/mol. The van der Waals surface area contributed by atoms with Gasteiger partial charge in [0.1, 0.15) is 5.75 Å². The molecule has 0 atom stereocenters. The van der Waals surface area contributed by atoms with Crippen LogP contribution < -0.4 is 5.43 Å². The van der Waals surface area contributed by atoms with Gasteiger partial charge in [-0.3, -0.25) is 5.43 Å². The van der Waals surface area contributed by atoms with Crippen LogP contribution in [0.4, 0.5) is 18.9 Å². The van der Waals surface area contributed by atoms with Crippen molar-refractivity contribution in [3.8, 4) is 5.75 Å². The van der Waals surface area contributed by atoms with E-state index in [0.29, 0.717) is 14.5 Å². The van der Waals surface area contributed by atoms with Crippen molar-refractivity contribution in [1.29, 1.82) is 0 Å². The SMILES string of the molecule is Oc1c(Br)cc(/C=N/Nc2ccccc2C(F)(F)F)cc1Br. The monoisotopic (exact) mass is 436 g/mol. The minimum atomic E-state index is -4.45. The third kappa shape index (κ3) is 4.01. The van der Waals surface area contributed by atoms with Gasteiger partial charge in [0, 0.05) is 0 Å². The summed E-state index contributed by atoms with van der Waals surface area (Å²) in [4.78, 5) is 0. The topological polar surface area (TPSA) is 44.6 Å². The molecule has 0 amide bonds. The van der Waals surface area contributed by atoms with Gasteiger partial charge in [-0.05, 0) is 61.7 Å². The molecular weight excluding hydrogens is 429 g/mol. The molecule has 0 spiro atoms. The van der Waals surface area contributed by atoms with Crippen molar-refractivity contribution in [2.24, 2.45) is 5.10 Å². The summed E-state index contributed by atoms with van der Waals surface area (Å²) in [5.74, 6) is 0.0347. The van der Waals surface area contributed by atoms with Crippen LogP contribution in [0.1, 0.15) is 11.1 Å². The second kappa shape index (κ2) is 6.70. The molecule has 0 saturated heterocycles. The highest BCUT2D eigenvalue weighted by molar-refractivity contribution is 9.11. The van der Waals surface area contributed by atoms with Crippen molar-refractivity contribution < 1.29 is 18.3 Å². The van der Waals surface area contributed by atoms with E-state index in [2.05, 4.69) is 42.4 Å². The smallest absolute Gasteiger partial charge is 0.418 e. The second-order valence-electron chi connectivity index (χ2n) is 4.25. The van der Waals surface area contributed by atoms with Gasteiger partial charge < -0.3 is 5.11 Å². The van der Waals surface area contributed by atoms with E-state index >= 15 is 0 Å². The number of hydrazone groups is 1. The Morgan fingerprint density at radius 3 is 2.27 bits per heavy atom. The fraction of sp³-hybridized carbons (Fsp3) is 0.0714. The van der Waals surface area contributed by atoms with Crippen molar-refractivity contribution >= 4 is 43.8 Å². The average molecular weight is 438 g/mol. The third-order valence-electron chi connectivity index (χ3n) is 2.67. The van der Waals surface area contributed by atoms with Gasteiger partial charge in [0.2, 0.25) is 0 Å². The maximum absolute atomic E-state index is 12.8. The second-order valence-corrected chi connectivity index (χ2v) is 5.96. The van der Waals surface area contributed by atoms with Crippen LogP contribution in [0.5, 0.6) is 5.75 Å². The van der Waals surface area contributed by atoms with E-state index in [1.165, 1.54) is 24.4 Å². The molecule has 116 valence electrons. The summed E-state index contributed by atoms with van der Waals surface area (Å²) in [5.41, 5.74) is 2.04. The zero-order chi connectivity index (χ0) is 16.3. The fourth-order valence-electron chi connectivity index (χ4n) is 1.66. The normalized spacial score (nSPS) is 11.9. The van der Waals surface area contributed by atoms with Crippen molar-refractivity contribution in [2.45, 2.75) is 6.18 Å². The molecule has 2 aromatic rings. The predicted octanol–water partition coefficient (Wildman–Crippen LogP) is 5.38. The van der Waals surface area contributed by atoms with E-state index < -0.39 is 11.7 Å². The highest BCUT2D eigenvalue weighted by atomic mass is 79.9. The van der Waals surface area contributed by atoms with Gasteiger partial charge in [0.25, 0.3) is 0 Å². The molecule has 2 N–H and O–H groups in total. The number of benzene rings is 2. The number of phenolic OH excluding ortho intramolecular Hbond substituents is 1. The summed E-state index contributed by atoms with van der Waals surface area (Å²) in [5, 5.41) is 13.4. The number of phenols is 1. The van der Waals surface area contributed by atoms with Gasteiger partial charge in [0.15, 0.2) is 0 Å². The van der Waals surface area contributed by atoms with Gasteiger partial charge >= 0.3 is 6.18 Å². The van der Waals surface area contributed by atoms with Gasteiger partial charge in [-0.1, -0.05) is 12.1 Å². The van der Waals surface area contributed by atoms with E-state index in [4.69, 9.17) is 0 Å². The number of rotatable bonds is 3. The Morgan fingerprint density at radius 2 is 1.68 bits per heavy atom. The quantitative estimate of drug-likeness (QED) is 0.500. The van der Waals surface area contributed by atoms with Crippen LogP contribution in [0.15, 0.2) is 50.4 Å². The van der Waals surface area contributed by atoms with E-state index in [9.17, 15) is 18.3 Å². The molecule has 0 bridgehead atoms. The van der Waals surface area contributed by atoms with Crippen LogP contribution in [0.25, 0.3) is 0 Å². The summed E-state index contributed by atoms with van der Waals surface area (Å²) in [6.45, 7) is 0. The lowest BCUT2D eigenvalue weighted by atomic mass is 10.2. The van der Waals surface area contributed by atoms with Crippen LogP contribution >= 0.6 is 31.9 Å². The van der Waals surface area contributed by atoms with Crippen molar-refractivity contribution in [3.63, 3.8) is 0 Å². The summed E-state index contributed by atoms with van der Waals surface area (Å²) in [6.07, 6.45) is -3.11. The average Bonchev–Trinajstić information content (AvgIpc) is 2.44. The molecule has 0 unspecified atom stereocenters. The van der Waals surface area contributed by atoms with Crippen molar-refractivity contribution in [3.05, 3.63) is 56.5 Å². The Morgan fingerprint density at radius 1 is 1.09 bits per heavy atom. The van der Waals surface area contributed by atoms with Crippen molar-refractivity contribution in [1.82, 2.24) is 0 Å². The number of alkyl halides is 3. The standard InChI is InChI=1S/C14H9Br2F3N2O/c15-10-5-8(6-11(16)13(10)22)7-20-21-12-4-2-1-3-9(12)14(17,18)19/h1-7,21-22H/b20-7+. The molecule has 0 aromatic heterocycles. The largest absolute Gasteiger partial charge is 0.506 e. The molecular formula is C14H9Br2F3N2O. The van der Waals surface area contributed by atoms with Crippen LogP contribution in [-0.2, 0) is 6.18 Å². The zero-order valence-corrected chi connectivity index (χ0v) is 14.0. The highest BCUT2D eigenvalue weighted by Crippen LogP contribution is 2.35. The molecule has 8 heteroatoms. The number of nitrogens with zero attached hydrogens (tertiary/aromatic N) is 1. The molecule has 0 heterocycles. The lowest BCUT2D eigenvalue weighted by Gasteiger charge is -2.11. The molecule has 0 saturated carbocycles. The molecule has 2 rings (SSSR count). The minimum Gasteiger partial charge on any atom is -0.506 e. The van der Waals surface area contributed by atoms with Gasteiger partial charge in [-0.25, -0.2) is 0 Å².